The van der Waals surface area contributed by atoms with Crippen molar-refractivity contribution in [2.24, 2.45) is 5.73 Å². The van der Waals surface area contributed by atoms with Crippen LogP contribution in [0.4, 0.5) is 8.78 Å². The topological polar surface area (TPSA) is 26.0 Å². The summed E-state index contributed by atoms with van der Waals surface area (Å²) in [6, 6.07) is 10.5. The second kappa shape index (κ2) is 4.41. The average molecular weight is 219 g/mol. The van der Waals surface area contributed by atoms with Crippen molar-refractivity contribution in [2.45, 2.75) is 6.54 Å². The summed E-state index contributed by atoms with van der Waals surface area (Å²) in [6.45, 7) is 0.284. The maximum atomic E-state index is 13.2. The monoisotopic (exact) mass is 219 g/mol. The number of hydrogen-bond donors (Lipinski definition) is 1. The molecule has 0 fully saturated rings. The van der Waals surface area contributed by atoms with Crippen molar-refractivity contribution in [3.63, 3.8) is 0 Å². The first-order chi connectivity index (χ1) is 7.69. The van der Waals surface area contributed by atoms with Crippen molar-refractivity contribution in [2.75, 3.05) is 0 Å². The van der Waals surface area contributed by atoms with E-state index in [2.05, 4.69) is 0 Å². The van der Waals surface area contributed by atoms with Gasteiger partial charge in [0.2, 0.25) is 0 Å². The lowest BCUT2D eigenvalue weighted by Crippen LogP contribution is -1.97. The quantitative estimate of drug-likeness (QED) is 0.825. The minimum atomic E-state index is -0.331. The molecule has 0 aliphatic rings. The Bertz CT molecular complexity index is 492. The molecule has 0 aliphatic carbocycles. The Morgan fingerprint density at radius 2 is 1.50 bits per heavy atom. The van der Waals surface area contributed by atoms with Crippen molar-refractivity contribution in [1.82, 2.24) is 0 Å². The van der Waals surface area contributed by atoms with E-state index in [0.717, 1.165) is 11.1 Å². The fraction of sp³-hybridized carbons (Fsp3) is 0.0769. The van der Waals surface area contributed by atoms with Gasteiger partial charge in [-0.05, 0) is 47.0 Å². The number of hydrogen-bond acceptors (Lipinski definition) is 1. The zero-order valence-corrected chi connectivity index (χ0v) is 8.58. The van der Waals surface area contributed by atoms with Crippen molar-refractivity contribution >= 4 is 0 Å². The van der Waals surface area contributed by atoms with Gasteiger partial charge in [0.25, 0.3) is 0 Å². The molecule has 0 saturated carbocycles. The zero-order chi connectivity index (χ0) is 11.5. The molecule has 82 valence electrons. The Morgan fingerprint density at radius 1 is 0.812 bits per heavy atom. The third kappa shape index (κ3) is 2.25. The molecule has 0 amide bonds. The van der Waals surface area contributed by atoms with Gasteiger partial charge < -0.3 is 5.73 Å². The maximum absolute atomic E-state index is 13.2. The Kier molecular flexibility index (Phi) is 2.97. The van der Waals surface area contributed by atoms with Gasteiger partial charge in [0, 0.05) is 6.54 Å². The van der Waals surface area contributed by atoms with E-state index in [1.165, 1.54) is 24.3 Å². The lowest BCUT2D eigenvalue weighted by molar-refractivity contribution is 0.626. The van der Waals surface area contributed by atoms with Crippen LogP contribution in [-0.4, -0.2) is 0 Å². The van der Waals surface area contributed by atoms with Crippen LogP contribution in [0.2, 0.25) is 0 Å². The highest BCUT2D eigenvalue weighted by molar-refractivity contribution is 5.64. The minimum absolute atomic E-state index is 0.284. The molecule has 0 bridgehead atoms. The van der Waals surface area contributed by atoms with Crippen LogP contribution in [0.3, 0.4) is 0 Å². The first-order valence-corrected chi connectivity index (χ1v) is 4.94. The van der Waals surface area contributed by atoms with Crippen molar-refractivity contribution in [3.05, 3.63) is 59.7 Å². The molecule has 2 rings (SSSR count). The standard InChI is InChI=1S/C13H11F2N/c14-12-3-1-10(2-4-12)11-5-9(8-16)6-13(15)7-11/h1-7H,8,16H2. The summed E-state index contributed by atoms with van der Waals surface area (Å²) in [6.07, 6.45) is 0. The summed E-state index contributed by atoms with van der Waals surface area (Å²) < 4.78 is 26.0. The van der Waals surface area contributed by atoms with Crippen LogP contribution < -0.4 is 5.73 Å². The molecular formula is C13H11F2N. The summed E-state index contributed by atoms with van der Waals surface area (Å²) in [4.78, 5) is 0. The van der Waals surface area contributed by atoms with Gasteiger partial charge in [-0.3, -0.25) is 0 Å². The van der Waals surface area contributed by atoms with E-state index in [1.54, 1.807) is 18.2 Å². The highest BCUT2D eigenvalue weighted by Crippen LogP contribution is 2.22. The maximum Gasteiger partial charge on any atom is 0.124 e. The van der Waals surface area contributed by atoms with Crippen LogP contribution in [0.25, 0.3) is 11.1 Å². The predicted molar refractivity (Wildman–Crippen MR) is 59.7 cm³/mol. The van der Waals surface area contributed by atoms with Crippen LogP contribution >= 0.6 is 0 Å². The first kappa shape index (κ1) is 10.8. The third-order valence-electron chi connectivity index (χ3n) is 2.37. The molecule has 0 atom stereocenters. The van der Waals surface area contributed by atoms with Gasteiger partial charge in [-0.2, -0.15) is 0 Å². The van der Waals surface area contributed by atoms with Gasteiger partial charge in [0.1, 0.15) is 11.6 Å². The van der Waals surface area contributed by atoms with E-state index in [1.807, 2.05) is 0 Å². The van der Waals surface area contributed by atoms with E-state index < -0.39 is 0 Å². The minimum Gasteiger partial charge on any atom is -0.326 e. The van der Waals surface area contributed by atoms with E-state index in [9.17, 15) is 8.78 Å². The molecule has 0 radical (unpaired) electrons. The Hall–Kier alpha value is -1.74. The molecule has 0 saturated heterocycles. The smallest absolute Gasteiger partial charge is 0.124 e. The Morgan fingerprint density at radius 3 is 2.12 bits per heavy atom. The van der Waals surface area contributed by atoms with Crippen LogP contribution in [0, 0.1) is 11.6 Å². The summed E-state index contributed by atoms with van der Waals surface area (Å²) in [5.74, 6) is -0.638. The fourth-order valence-corrected chi connectivity index (χ4v) is 1.58. The number of halogens is 2. The molecule has 0 aromatic heterocycles. The largest absolute Gasteiger partial charge is 0.326 e. The molecule has 0 unspecified atom stereocenters. The molecule has 2 N–H and O–H groups in total. The molecular weight excluding hydrogens is 208 g/mol. The molecule has 16 heavy (non-hydrogen) atoms. The Balaban J connectivity index is 2.47. The summed E-state index contributed by atoms with van der Waals surface area (Å²) in [5, 5.41) is 0. The van der Waals surface area contributed by atoms with Gasteiger partial charge >= 0.3 is 0 Å². The first-order valence-electron chi connectivity index (χ1n) is 4.94. The molecule has 0 aliphatic heterocycles. The van der Waals surface area contributed by atoms with Crippen LogP contribution in [0.5, 0.6) is 0 Å². The second-order valence-electron chi connectivity index (χ2n) is 3.56. The molecule has 0 heterocycles. The van der Waals surface area contributed by atoms with Crippen LogP contribution in [0.1, 0.15) is 5.56 Å². The normalized spacial score (nSPS) is 10.4. The van der Waals surface area contributed by atoms with Crippen LogP contribution in [-0.2, 0) is 6.54 Å². The number of benzene rings is 2. The predicted octanol–water partition coefficient (Wildman–Crippen LogP) is 3.09. The fourth-order valence-electron chi connectivity index (χ4n) is 1.58. The van der Waals surface area contributed by atoms with Gasteiger partial charge in [-0.1, -0.05) is 12.1 Å². The summed E-state index contributed by atoms with van der Waals surface area (Å²) in [5.41, 5.74) is 7.67. The molecule has 3 heteroatoms. The average Bonchev–Trinajstić information content (AvgIpc) is 2.29. The van der Waals surface area contributed by atoms with E-state index in [4.69, 9.17) is 5.73 Å². The second-order valence-corrected chi connectivity index (χ2v) is 3.56. The SMILES string of the molecule is NCc1cc(F)cc(-c2ccc(F)cc2)c1. The third-order valence-corrected chi connectivity index (χ3v) is 2.37. The zero-order valence-electron chi connectivity index (χ0n) is 8.58. The van der Waals surface area contributed by atoms with Gasteiger partial charge in [0.05, 0.1) is 0 Å². The van der Waals surface area contributed by atoms with E-state index >= 15 is 0 Å². The van der Waals surface area contributed by atoms with E-state index in [0.29, 0.717) is 5.56 Å². The van der Waals surface area contributed by atoms with Crippen LogP contribution in [0.15, 0.2) is 42.5 Å². The van der Waals surface area contributed by atoms with Gasteiger partial charge in [-0.25, -0.2) is 8.78 Å². The van der Waals surface area contributed by atoms with E-state index in [-0.39, 0.29) is 18.2 Å². The lowest BCUT2D eigenvalue weighted by Gasteiger charge is -2.05. The molecule has 2 aromatic carbocycles. The Labute approximate surface area is 92.5 Å². The lowest BCUT2D eigenvalue weighted by atomic mass is 10.0. The highest BCUT2D eigenvalue weighted by Gasteiger charge is 2.02. The summed E-state index contributed by atoms with van der Waals surface area (Å²) >= 11 is 0. The number of nitrogens with two attached hydrogens (primary N) is 1. The van der Waals surface area contributed by atoms with Crippen molar-refractivity contribution < 1.29 is 8.78 Å². The van der Waals surface area contributed by atoms with Crippen molar-refractivity contribution in [3.8, 4) is 11.1 Å². The molecule has 2 aromatic rings. The summed E-state index contributed by atoms with van der Waals surface area (Å²) in [7, 11) is 0. The molecule has 1 nitrogen and oxygen atoms in total. The van der Waals surface area contributed by atoms with Gasteiger partial charge in [0.15, 0.2) is 0 Å². The molecule has 0 spiro atoms. The van der Waals surface area contributed by atoms with Crippen molar-refractivity contribution in [1.29, 1.82) is 0 Å². The highest BCUT2D eigenvalue weighted by atomic mass is 19.1. The van der Waals surface area contributed by atoms with Gasteiger partial charge in [-0.15, -0.1) is 0 Å². The number of rotatable bonds is 2.